The lowest BCUT2D eigenvalue weighted by Crippen LogP contribution is -2.32. The maximum atomic E-state index is 10.3. The molecule has 0 saturated carbocycles. The highest BCUT2D eigenvalue weighted by Crippen LogP contribution is 2.31. The number of carbonyl (C=O) groups is 1. The van der Waals surface area contributed by atoms with Crippen LogP contribution in [0, 0.1) is 0 Å². The number of hydrogen-bond donors (Lipinski definition) is 2. The molecule has 0 radical (unpaired) electrons. The minimum Gasteiger partial charge on any atom is -0.489 e. The van der Waals surface area contributed by atoms with Crippen molar-refractivity contribution in [2.75, 3.05) is 13.2 Å². The number of para-hydroxylation sites is 1. The topological polar surface area (TPSA) is 64.4 Å². The molecule has 0 unspecified atom stereocenters. The third kappa shape index (κ3) is 3.85. The van der Waals surface area contributed by atoms with Gasteiger partial charge in [-0.3, -0.25) is 0 Å². The highest BCUT2D eigenvalue weighted by Gasteiger charge is 2.05. The van der Waals surface area contributed by atoms with Crippen molar-refractivity contribution in [1.29, 1.82) is 0 Å². The summed E-state index contributed by atoms with van der Waals surface area (Å²) in [6, 6.07) is 4.47. The number of rotatable bonds is 4. The Balaban J connectivity index is 2.47. The van der Waals surface area contributed by atoms with E-state index >= 15 is 0 Å². The quantitative estimate of drug-likeness (QED) is 0.802. The number of nitrogens with two attached hydrogens (primary N) is 1. The predicted octanol–water partition coefficient (Wildman–Crippen LogP) is 2.04. The van der Waals surface area contributed by atoms with Gasteiger partial charge in [0.25, 0.3) is 0 Å². The molecule has 0 atom stereocenters. The third-order valence-electron chi connectivity index (χ3n) is 1.57. The first-order valence-electron chi connectivity index (χ1n) is 4.21. The number of urea groups is 1. The lowest BCUT2D eigenvalue weighted by molar-refractivity contribution is 0.244. The number of carbonyl (C=O) groups excluding carboxylic acids is 1. The first kappa shape index (κ1) is 11.9. The number of nitrogens with one attached hydrogen (secondary N) is 1. The van der Waals surface area contributed by atoms with Gasteiger partial charge in [0, 0.05) is 0 Å². The maximum absolute atomic E-state index is 10.3. The highest BCUT2D eigenvalue weighted by molar-refractivity contribution is 6.37. The van der Waals surface area contributed by atoms with Gasteiger partial charge in [0.05, 0.1) is 16.6 Å². The lowest BCUT2D eigenvalue weighted by Gasteiger charge is -2.09. The molecule has 82 valence electrons. The molecular formula is C9H10Cl2N2O2. The Kier molecular flexibility index (Phi) is 4.52. The number of hydrogen-bond acceptors (Lipinski definition) is 2. The van der Waals surface area contributed by atoms with Gasteiger partial charge < -0.3 is 15.8 Å². The van der Waals surface area contributed by atoms with Crippen molar-refractivity contribution in [3.05, 3.63) is 28.2 Å². The van der Waals surface area contributed by atoms with Gasteiger partial charge >= 0.3 is 6.03 Å². The Morgan fingerprint density at radius 2 is 2.00 bits per heavy atom. The average molecular weight is 249 g/mol. The standard InChI is InChI=1S/C9H10Cl2N2O2/c10-6-2-1-3-7(11)8(6)15-5-4-13-9(12)14/h1-3H,4-5H2,(H3,12,13,14). The minimum atomic E-state index is -0.594. The van der Waals surface area contributed by atoms with Crippen LogP contribution < -0.4 is 15.8 Å². The van der Waals surface area contributed by atoms with Gasteiger partial charge in [0.1, 0.15) is 6.61 Å². The summed E-state index contributed by atoms with van der Waals surface area (Å²) in [4.78, 5) is 10.3. The average Bonchev–Trinajstić information content (AvgIpc) is 2.15. The Hall–Kier alpha value is -1.13. The van der Waals surface area contributed by atoms with Crippen LogP contribution >= 0.6 is 23.2 Å². The van der Waals surface area contributed by atoms with Crippen molar-refractivity contribution in [2.24, 2.45) is 5.73 Å². The van der Waals surface area contributed by atoms with E-state index in [1.165, 1.54) is 0 Å². The van der Waals surface area contributed by atoms with Gasteiger partial charge in [-0.2, -0.15) is 0 Å². The smallest absolute Gasteiger partial charge is 0.312 e. The van der Waals surface area contributed by atoms with E-state index in [0.717, 1.165) is 0 Å². The fraction of sp³-hybridized carbons (Fsp3) is 0.222. The highest BCUT2D eigenvalue weighted by atomic mass is 35.5. The molecule has 0 fully saturated rings. The zero-order valence-electron chi connectivity index (χ0n) is 7.80. The summed E-state index contributed by atoms with van der Waals surface area (Å²) in [5.41, 5.74) is 4.87. The summed E-state index contributed by atoms with van der Waals surface area (Å²) in [5.74, 6) is 0.409. The molecule has 0 aliphatic rings. The van der Waals surface area contributed by atoms with Crippen molar-refractivity contribution < 1.29 is 9.53 Å². The number of halogens is 2. The normalized spacial score (nSPS) is 9.73. The number of ether oxygens (including phenoxy) is 1. The van der Waals surface area contributed by atoms with E-state index in [2.05, 4.69) is 5.32 Å². The summed E-state index contributed by atoms with van der Waals surface area (Å²) in [5, 5.41) is 3.25. The van der Waals surface area contributed by atoms with E-state index < -0.39 is 6.03 Å². The van der Waals surface area contributed by atoms with E-state index in [0.29, 0.717) is 22.3 Å². The molecule has 1 aromatic carbocycles. The monoisotopic (exact) mass is 248 g/mol. The number of primary amides is 1. The third-order valence-corrected chi connectivity index (χ3v) is 2.16. The predicted molar refractivity (Wildman–Crippen MR) is 59.5 cm³/mol. The zero-order valence-corrected chi connectivity index (χ0v) is 9.31. The Bertz CT molecular complexity index is 338. The summed E-state index contributed by atoms with van der Waals surface area (Å²) >= 11 is 11.7. The SMILES string of the molecule is NC(=O)NCCOc1c(Cl)cccc1Cl. The largest absolute Gasteiger partial charge is 0.489 e. The summed E-state index contributed by atoms with van der Waals surface area (Å²) in [6.07, 6.45) is 0. The van der Waals surface area contributed by atoms with E-state index in [1.807, 2.05) is 0 Å². The van der Waals surface area contributed by atoms with Crippen molar-refractivity contribution in [1.82, 2.24) is 5.32 Å². The van der Waals surface area contributed by atoms with Crippen LogP contribution in [0.25, 0.3) is 0 Å². The van der Waals surface area contributed by atoms with Gasteiger partial charge in [-0.25, -0.2) is 4.79 Å². The van der Waals surface area contributed by atoms with Crippen LogP contribution in [0.1, 0.15) is 0 Å². The second-order valence-corrected chi connectivity index (χ2v) is 3.50. The molecule has 15 heavy (non-hydrogen) atoms. The summed E-state index contributed by atoms with van der Waals surface area (Å²) in [6.45, 7) is 0.559. The first-order chi connectivity index (χ1) is 7.11. The van der Waals surface area contributed by atoms with Crippen molar-refractivity contribution in [2.45, 2.75) is 0 Å². The maximum Gasteiger partial charge on any atom is 0.312 e. The van der Waals surface area contributed by atoms with Crippen molar-refractivity contribution in [3.8, 4) is 5.75 Å². The molecule has 0 heterocycles. The molecule has 4 nitrogen and oxygen atoms in total. The fourth-order valence-corrected chi connectivity index (χ4v) is 1.45. The summed E-state index contributed by atoms with van der Waals surface area (Å²) in [7, 11) is 0. The number of amides is 2. The van der Waals surface area contributed by atoms with Gasteiger partial charge in [-0.1, -0.05) is 29.3 Å². The van der Waals surface area contributed by atoms with Crippen LogP contribution in [0.4, 0.5) is 4.79 Å². The molecule has 6 heteroatoms. The van der Waals surface area contributed by atoms with Crippen LogP contribution in [0.15, 0.2) is 18.2 Å². The second-order valence-electron chi connectivity index (χ2n) is 2.69. The molecule has 0 saturated heterocycles. The van der Waals surface area contributed by atoms with E-state index in [4.69, 9.17) is 33.7 Å². The first-order valence-corrected chi connectivity index (χ1v) is 4.97. The van der Waals surface area contributed by atoms with Crippen LogP contribution in [0.5, 0.6) is 5.75 Å². The van der Waals surface area contributed by atoms with Crippen molar-refractivity contribution >= 4 is 29.2 Å². The molecule has 1 rings (SSSR count). The van der Waals surface area contributed by atoms with E-state index in [-0.39, 0.29) is 6.61 Å². The van der Waals surface area contributed by atoms with Crippen molar-refractivity contribution in [3.63, 3.8) is 0 Å². The van der Waals surface area contributed by atoms with Gasteiger partial charge in [-0.15, -0.1) is 0 Å². The van der Waals surface area contributed by atoms with Crippen LogP contribution in [-0.4, -0.2) is 19.2 Å². The molecule has 2 amide bonds. The molecular weight excluding hydrogens is 239 g/mol. The van der Waals surface area contributed by atoms with Gasteiger partial charge in [0.15, 0.2) is 5.75 Å². The van der Waals surface area contributed by atoms with Crippen LogP contribution in [0.3, 0.4) is 0 Å². The molecule has 0 bridgehead atoms. The van der Waals surface area contributed by atoms with Gasteiger partial charge in [0.2, 0.25) is 0 Å². The van der Waals surface area contributed by atoms with Crippen LogP contribution in [0.2, 0.25) is 10.0 Å². The molecule has 0 aromatic heterocycles. The Morgan fingerprint density at radius 1 is 1.40 bits per heavy atom. The number of benzene rings is 1. The second kappa shape index (κ2) is 5.68. The molecule has 0 aliphatic carbocycles. The fourth-order valence-electron chi connectivity index (χ4n) is 0.948. The minimum absolute atomic E-state index is 0.256. The van der Waals surface area contributed by atoms with Gasteiger partial charge in [-0.05, 0) is 12.1 Å². The van der Waals surface area contributed by atoms with Crippen LogP contribution in [-0.2, 0) is 0 Å². The molecule has 0 spiro atoms. The molecule has 3 N–H and O–H groups in total. The Labute approximate surface area is 97.3 Å². The molecule has 0 aliphatic heterocycles. The zero-order chi connectivity index (χ0) is 11.3. The lowest BCUT2D eigenvalue weighted by atomic mass is 10.3. The molecule has 1 aromatic rings. The van der Waals surface area contributed by atoms with E-state index in [9.17, 15) is 4.79 Å². The summed E-state index contributed by atoms with van der Waals surface area (Å²) < 4.78 is 5.28. The van der Waals surface area contributed by atoms with E-state index in [1.54, 1.807) is 18.2 Å². The Morgan fingerprint density at radius 3 is 2.53 bits per heavy atom.